The molecule has 2 aliphatic rings. The largest absolute Gasteiger partial charge is 0.455 e. The Morgan fingerprint density at radius 3 is 2.47 bits per heavy atom. The van der Waals surface area contributed by atoms with Crippen LogP contribution in [-0.4, -0.2) is 59.9 Å². The first-order chi connectivity index (χ1) is 14.4. The number of primary amides is 1. The van der Waals surface area contributed by atoms with E-state index in [9.17, 15) is 24.5 Å². The van der Waals surface area contributed by atoms with Crippen molar-refractivity contribution in [3.8, 4) is 0 Å². The lowest BCUT2D eigenvalue weighted by molar-refractivity contribution is -0.384. The highest BCUT2D eigenvalue weighted by atomic mass is 16.6. The molecule has 0 radical (unpaired) electrons. The molecular weight excluding hydrogens is 392 g/mol. The minimum absolute atomic E-state index is 0.0367. The average molecular weight is 418 g/mol. The van der Waals surface area contributed by atoms with Gasteiger partial charge < -0.3 is 20.3 Å². The molecule has 2 fully saturated rings. The second-order valence-electron chi connectivity index (χ2n) is 7.62. The van der Waals surface area contributed by atoms with Crippen molar-refractivity contribution in [2.24, 2.45) is 11.7 Å². The molecule has 0 saturated carbocycles. The van der Waals surface area contributed by atoms with Crippen molar-refractivity contribution in [3.63, 3.8) is 0 Å². The molecule has 1 atom stereocenters. The monoisotopic (exact) mass is 418 g/mol. The number of hydrogen-bond acceptors (Lipinski definition) is 7. The van der Waals surface area contributed by atoms with Gasteiger partial charge in [0.2, 0.25) is 5.91 Å². The molecule has 2 saturated heterocycles. The lowest BCUT2D eigenvalue weighted by Crippen LogP contribution is -2.51. The van der Waals surface area contributed by atoms with Crippen molar-refractivity contribution in [1.82, 2.24) is 4.90 Å². The lowest BCUT2D eigenvalue weighted by atomic mass is 9.96. The Balaban J connectivity index is 1.50. The van der Waals surface area contributed by atoms with E-state index >= 15 is 0 Å². The van der Waals surface area contributed by atoms with Gasteiger partial charge in [-0.05, 0) is 38.2 Å². The normalized spacial score (nSPS) is 19.9. The van der Waals surface area contributed by atoms with Crippen molar-refractivity contribution < 1.29 is 24.0 Å². The van der Waals surface area contributed by atoms with E-state index in [2.05, 4.69) is 0 Å². The molecule has 0 unspecified atom stereocenters. The minimum atomic E-state index is -0.644. The number of nitro benzene ring substituents is 1. The van der Waals surface area contributed by atoms with Crippen LogP contribution in [0.3, 0.4) is 0 Å². The summed E-state index contributed by atoms with van der Waals surface area (Å²) in [5.41, 5.74) is 5.94. The van der Waals surface area contributed by atoms with Gasteiger partial charge in [-0.3, -0.25) is 24.5 Å². The van der Waals surface area contributed by atoms with Gasteiger partial charge in [0.1, 0.15) is 11.7 Å². The molecule has 10 nitrogen and oxygen atoms in total. The summed E-state index contributed by atoms with van der Waals surface area (Å²) in [7, 11) is 0. The van der Waals surface area contributed by atoms with Crippen LogP contribution in [0.1, 0.15) is 32.1 Å². The van der Waals surface area contributed by atoms with Crippen molar-refractivity contribution in [1.29, 1.82) is 0 Å². The molecule has 0 aromatic heterocycles. The highest BCUT2D eigenvalue weighted by molar-refractivity contribution is 5.88. The van der Waals surface area contributed by atoms with Crippen molar-refractivity contribution in [2.75, 3.05) is 31.1 Å². The van der Waals surface area contributed by atoms with Gasteiger partial charge in [-0.15, -0.1) is 0 Å². The number of benzene rings is 1. The van der Waals surface area contributed by atoms with Gasteiger partial charge >= 0.3 is 5.97 Å². The number of piperidine rings is 2. The van der Waals surface area contributed by atoms with Crippen LogP contribution in [0.4, 0.5) is 11.4 Å². The molecule has 30 heavy (non-hydrogen) atoms. The summed E-state index contributed by atoms with van der Waals surface area (Å²) in [5.74, 6) is -1.79. The van der Waals surface area contributed by atoms with Gasteiger partial charge in [0.05, 0.1) is 10.8 Å². The average Bonchev–Trinajstić information content (AvgIpc) is 2.77. The van der Waals surface area contributed by atoms with Gasteiger partial charge in [-0.25, -0.2) is 0 Å². The second-order valence-corrected chi connectivity index (χ2v) is 7.62. The zero-order chi connectivity index (χ0) is 21.7. The molecule has 0 bridgehead atoms. The Bertz CT molecular complexity index is 821. The predicted molar refractivity (Wildman–Crippen MR) is 108 cm³/mol. The van der Waals surface area contributed by atoms with Gasteiger partial charge in [0.25, 0.3) is 11.6 Å². The number of nitrogens with zero attached hydrogens (tertiary/aromatic N) is 3. The lowest BCUT2D eigenvalue weighted by Gasteiger charge is -2.34. The molecule has 0 aliphatic carbocycles. The Labute approximate surface area is 174 Å². The van der Waals surface area contributed by atoms with Gasteiger partial charge in [0.15, 0.2) is 6.61 Å². The van der Waals surface area contributed by atoms with E-state index in [1.54, 1.807) is 18.2 Å². The Hall–Kier alpha value is -3.17. The van der Waals surface area contributed by atoms with Crippen LogP contribution in [0.5, 0.6) is 0 Å². The first kappa shape index (κ1) is 21.5. The number of esters is 1. The summed E-state index contributed by atoms with van der Waals surface area (Å²) in [6.07, 6.45) is 3.10. The Kier molecular flexibility index (Phi) is 6.86. The zero-order valence-electron chi connectivity index (χ0n) is 16.7. The number of carbonyl (C=O) groups excluding carboxylic acids is 3. The van der Waals surface area contributed by atoms with Crippen LogP contribution in [0, 0.1) is 16.0 Å². The van der Waals surface area contributed by atoms with Crippen LogP contribution in [0.2, 0.25) is 0 Å². The number of nitrogens with two attached hydrogens (primary N) is 1. The van der Waals surface area contributed by atoms with Crippen molar-refractivity contribution in [2.45, 2.75) is 38.1 Å². The summed E-state index contributed by atoms with van der Waals surface area (Å²) in [5, 5.41) is 11.2. The molecule has 2 amide bonds. The molecule has 2 aliphatic heterocycles. The first-order valence-corrected chi connectivity index (χ1v) is 10.1. The molecule has 1 aromatic carbocycles. The minimum Gasteiger partial charge on any atom is -0.455 e. The van der Waals surface area contributed by atoms with E-state index in [1.807, 2.05) is 4.90 Å². The van der Waals surface area contributed by atoms with Crippen LogP contribution < -0.4 is 10.6 Å². The number of para-hydroxylation sites is 2. The molecule has 2 heterocycles. The number of rotatable bonds is 6. The molecule has 162 valence electrons. The summed E-state index contributed by atoms with van der Waals surface area (Å²) in [6.45, 7) is 0.980. The van der Waals surface area contributed by atoms with Gasteiger partial charge in [0, 0.05) is 25.7 Å². The van der Waals surface area contributed by atoms with Crippen LogP contribution in [0.15, 0.2) is 24.3 Å². The molecule has 0 spiro atoms. The van der Waals surface area contributed by atoms with E-state index in [-0.39, 0.29) is 11.6 Å². The smallest absolute Gasteiger partial charge is 0.309 e. The number of amides is 2. The topological polar surface area (TPSA) is 136 Å². The van der Waals surface area contributed by atoms with Gasteiger partial charge in [-0.1, -0.05) is 12.1 Å². The fourth-order valence-electron chi connectivity index (χ4n) is 4.10. The fourth-order valence-corrected chi connectivity index (χ4v) is 4.10. The predicted octanol–water partition coefficient (Wildman–Crippen LogP) is 1.22. The Morgan fingerprint density at radius 1 is 1.10 bits per heavy atom. The molecular formula is C20H26N4O6. The fraction of sp³-hybridized carbons (Fsp3) is 0.550. The van der Waals surface area contributed by atoms with Crippen LogP contribution >= 0.6 is 0 Å². The third kappa shape index (κ3) is 4.87. The van der Waals surface area contributed by atoms with Crippen LogP contribution in [-0.2, 0) is 19.1 Å². The number of carbonyl (C=O) groups is 3. The summed E-state index contributed by atoms with van der Waals surface area (Å²) < 4.78 is 5.22. The van der Waals surface area contributed by atoms with E-state index in [1.165, 1.54) is 11.0 Å². The number of nitro groups is 1. The summed E-state index contributed by atoms with van der Waals surface area (Å²) in [6, 6.07) is 5.88. The highest BCUT2D eigenvalue weighted by Crippen LogP contribution is 2.31. The third-order valence-corrected chi connectivity index (χ3v) is 5.74. The molecule has 1 aromatic rings. The van der Waals surface area contributed by atoms with E-state index < -0.39 is 35.4 Å². The number of ether oxygens (including phenoxy) is 1. The maximum Gasteiger partial charge on any atom is 0.309 e. The maximum atomic E-state index is 12.4. The van der Waals surface area contributed by atoms with E-state index in [0.717, 1.165) is 12.8 Å². The molecule has 10 heteroatoms. The molecule has 2 N–H and O–H groups in total. The first-order valence-electron chi connectivity index (χ1n) is 10.1. The standard InChI is InChI=1S/C20H26N4O6/c21-19(26)17-7-3-4-10-23(17)18(25)13-30-20(27)14-8-11-22(12-9-14)15-5-1-2-6-16(15)24(28)29/h1-2,5-6,14,17H,3-4,7-13H2,(H2,21,26)/t17-/m1/s1. The third-order valence-electron chi connectivity index (χ3n) is 5.74. The number of likely N-dealkylation sites (tertiary alicyclic amines) is 1. The van der Waals surface area contributed by atoms with Crippen molar-refractivity contribution in [3.05, 3.63) is 34.4 Å². The van der Waals surface area contributed by atoms with E-state index in [0.29, 0.717) is 44.6 Å². The summed E-state index contributed by atoms with van der Waals surface area (Å²) in [4.78, 5) is 50.4. The van der Waals surface area contributed by atoms with Crippen molar-refractivity contribution >= 4 is 29.2 Å². The van der Waals surface area contributed by atoms with Crippen LogP contribution in [0.25, 0.3) is 0 Å². The SMILES string of the molecule is NC(=O)[C@H]1CCCCN1C(=O)COC(=O)C1CCN(c2ccccc2[N+](=O)[O-])CC1. The van der Waals surface area contributed by atoms with E-state index in [4.69, 9.17) is 10.5 Å². The quantitative estimate of drug-likeness (QED) is 0.417. The second kappa shape index (κ2) is 9.55. The Morgan fingerprint density at radius 2 is 1.80 bits per heavy atom. The summed E-state index contributed by atoms with van der Waals surface area (Å²) >= 11 is 0. The van der Waals surface area contributed by atoms with Gasteiger partial charge in [-0.2, -0.15) is 0 Å². The highest BCUT2D eigenvalue weighted by Gasteiger charge is 2.33. The zero-order valence-corrected chi connectivity index (χ0v) is 16.7. The number of anilines is 1. The molecule has 3 rings (SSSR count). The maximum absolute atomic E-state index is 12.4. The number of hydrogen-bond donors (Lipinski definition) is 1.